The van der Waals surface area contributed by atoms with Gasteiger partial charge in [0, 0.05) is 13.1 Å². The van der Waals surface area contributed by atoms with Gasteiger partial charge in [-0.25, -0.2) is 0 Å². The highest BCUT2D eigenvalue weighted by Crippen LogP contribution is 2.26. The average Bonchev–Trinajstić information content (AvgIpc) is 2.69. The van der Waals surface area contributed by atoms with Crippen LogP contribution in [0.5, 0.6) is 0 Å². The van der Waals surface area contributed by atoms with E-state index in [0.717, 1.165) is 0 Å². The fourth-order valence-electron chi connectivity index (χ4n) is 2.10. The Labute approximate surface area is 104 Å². The molecule has 1 aromatic rings. The van der Waals surface area contributed by atoms with E-state index in [1.165, 1.54) is 0 Å². The number of nitrogens with one attached hydrogen (secondary N) is 1. The van der Waals surface area contributed by atoms with Gasteiger partial charge < -0.3 is 4.90 Å². The van der Waals surface area contributed by atoms with Crippen molar-refractivity contribution in [2.24, 2.45) is 5.92 Å². The van der Waals surface area contributed by atoms with E-state index in [1.807, 2.05) is 41.4 Å². The van der Waals surface area contributed by atoms with Crippen LogP contribution in [0.25, 0.3) is 0 Å². The molecular formula is C12H13N5O. The lowest BCUT2D eigenvalue weighted by atomic mass is 9.96. The van der Waals surface area contributed by atoms with E-state index in [4.69, 9.17) is 0 Å². The Morgan fingerprint density at radius 3 is 2.56 bits per heavy atom. The minimum absolute atomic E-state index is 0.131. The van der Waals surface area contributed by atoms with Crippen LogP contribution in [0.3, 0.4) is 0 Å². The summed E-state index contributed by atoms with van der Waals surface area (Å²) in [6.45, 7) is 1.34. The van der Waals surface area contributed by atoms with E-state index in [2.05, 4.69) is 20.6 Å². The van der Waals surface area contributed by atoms with Crippen LogP contribution in [0, 0.1) is 5.92 Å². The van der Waals surface area contributed by atoms with Crippen LogP contribution in [-0.4, -0.2) is 44.5 Å². The van der Waals surface area contributed by atoms with E-state index in [9.17, 15) is 4.79 Å². The SMILES string of the molecule is O=C(C1C=CC=CC=C1)N1CC(c2nn[nH]n2)C1. The molecule has 0 aromatic carbocycles. The monoisotopic (exact) mass is 243 g/mol. The molecule has 0 radical (unpaired) electrons. The maximum atomic E-state index is 12.2. The van der Waals surface area contributed by atoms with Crippen molar-refractivity contribution in [3.63, 3.8) is 0 Å². The van der Waals surface area contributed by atoms with Crippen molar-refractivity contribution in [3.05, 3.63) is 42.3 Å². The van der Waals surface area contributed by atoms with Crippen LogP contribution in [0.15, 0.2) is 36.5 Å². The summed E-state index contributed by atoms with van der Waals surface area (Å²) in [7, 11) is 0. The number of tetrazole rings is 1. The highest BCUT2D eigenvalue weighted by Gasteiger charge is 2.35. The third-order valence-corrected chi connectivity index (χ3v) is 3.18. The minimum atomic E-state index is -0.161. The van der Waals surface area contributed by atoms with Gasteiger partial charge >= 0.3 is 0 Å². The summed E-state index contributed by atoms with van der Waals surface area (Å²) in [6, 6.07) is 0. The fraction of sp³-hybridized carbons (Fsp3) is 0.333. The molecule has 1 amide bonds. The molecule has 0 spiro atoms. The van der Waals surface area contributed by atoms with Gasteiger partial charge in [-0.1, -0.05) is 41.7 Å². The Morgan fingerprint density at radius 1 is 1.22 bits per heavy atom. The van der Waals surface area contributed by atoms with Crippen molar-refractivity contribution in [3.8, 4) is 0 Å². The van der Waals surface area contributed by atoms with Crippen LogP contribution in [0.4, 0.5) is 0 Å². The van der Waals surface area contributed by atoms with E-state index < -0.39 is 0 Å². The molecule has 92 valence electrons. The molecule has 0 saturated carbocycles. The molecule has 0 unspecified atom stereocenters. The van der Waals surface area contributed by atoms with Gasteiger partial charge in [0.15, 0.2) is 5.82 Å². The summed E-state index contributed by atoms with van der Waals surface area (Å²) < 4.78 is 0. The average molecular weight is 243 g/mol. The zero-order valence-electron chi connectivity index (χ0n) is 9.73. The number of H-pyrrole nitrogens is 1. The molecule has 18 heavy (non-hydrogen) atoms. The molecule has 0 atom stereocenters. The lowest BCUT2D eigenvalue weighted by molar-refractivity contribution is -0.137. The minimum Gasteiger partial charge on any atom is -0.340 e. The van der Waals surface area contributed by atoms with E-state index in [0.29, 0.717) is 18.9 Å². The molecule has 2 aliphatic rings. The van der Waals surface area contributed by atoms with Gasteiger partial charge in [0.1, 0.15) is 0 Å². The van der Waals surface area contributed by atoms with Gasteiger partial charge in [-0.3, -0.25) is 4.79 Å². The normalized spacial score (nSPS) is 19.9. The molecule has 0 bridgehead atoms. The standard InChI is InChI=1S/C12H13N5O/c18-12(9-5-3-1-2-4-6-9)17-7-10(8-17)11-13-15-16-14-11/h1-6,9-10H,7-8H2,(H,13,14,15,16). The highest BCUT2D eigenvalue weighted by molar-refractivity contribution is 5.83. The number of amides is 1. The highest BCUT2D eigenvalue weighted by atomic mass is 16.2. The molecule has 1 fully saturated rings. The number of aromatic amines is 1. The first kappa shape index (κ1) is 10.9. The molecular weight excluding hydrogens is 230 g/mol. The molecule has 6 heteroatoms. The van der Waals surface area contributed by atoms with Gasteiger partial charge in [0.2, 0.25) is 5.91 Å². The Bertz CT molecular complexity index is 495. The second-order valence-corrected chi connectivity index (χ2v) is 4.39. The van der Waals surface area contributed by atoms with E-state index in [-0.39, 0.29) is 17.7 Å². The predicted molar refractivity (Wildman–Crippen MR) is 64.4 cm³/mol. The zero-order valence-corrected chi connectivity index (χ0v) is 9.73. The fourth-order valence-corrected chi connectivity index (χ4v) is 2.10. The third kappa shape index (κ3) is 1.97. The van der Waals surface area contributed by atoms with Crippen molar-refractivity contribution >= 4 is 5.91 Å². The molecule has 1 saturated heterocycles. The van der Waals surface area contributed by atoms with Crippen molar-refractivity contribution in [1.29, 1.82) is 0 Å². The summed E-state index contributed by atoms with van der Waals surface area (Å²) >= 11 is 0. The molecule has 3 rings (SSSR count). The van der Waals surface area contributed by atoms with Gasteiger partial charge in [0.05, 0.1) is 11.8 Å². The molecule has 1 N–H and O–H groups in total. The molecule has 1 aromatic heterocycles. The van der Waals surface area contributed by atoms with Gasteiger partial charge in [-0.2, -0.15) is 5.21 Å². The first-order chi connectivity index (χ1) is 8.84. The second kappa shape index (κ2) is 4.56. The summed E-state index contributed by atoms with van der Waals surface area (Å²) in [6.07, 6.45) is 11.5. The maximum absolute atomic E-state index is 12.2. The Hall–Kier alpha value is -2.24. The third-order valence-electron chi connectivity index (χ3n) is 3.18. The van der Waals surface area contributed by atoms with Crippen molar-refractivity contribution < 1.29 is 4.79 Å². The lowest BCUT2D eigenvalue weighted by Gasteiger charge is -2.38. The predicted octanol–water partition coefficient (Wildman–Crippen LogP) is 0.424. The first-order valence-electron chi connectivity index (χ1n) is 5.88. The summed E-state index contributed by atoms with van der Waals surface area (Å²) in [4.78, 5) is 14.0. The van der Waals surface area contributed by atoms with Crippen LogP contribution < -0.4 is 0 Å². The lowest BCUT2D eigenvalue weighted by Crippen LogP contribution is -2.50. The molecule has 2 heterocycles. The Kier molecular flexibility index (Phi) is 2.76. The van der Waals surface area contributed by atoms with E-state index in [1.54, 1.807) is 0 Å². The number of hydrogen-bond acceptors (Lipinski definition) is 4. The van der Waals surface area contributed by atoms with Crippen LogP contribution in [-0.2, 0) is 4.79 Å². The van der Waals surface area contributed by atoms with Gasteiger partial charge in [-0.05, 0) is 0 Å². The van der Waals surface area contributed by atoms with Crippen LogP contribution >= 0.6 is 0 Å². The van der Waals surface area contributed by atoms with Crippen molar-refractivity contribution in [1.82, 2.24) is 25.5 Å². The number of allylic oxidation sites excluding steroid dienone is 4. The molecule has 1 aliphatic carbocycles. The van der Waals surface area contributed by atoms with Gasteiger partial charge in [0.25, 0.3) is 0 Å². The number of rotatable bonds is 2. The van der Waals surface area contributed by atoms with Crippen molar-refractivity contribution in [2.75, 3.05) is 13.1 Å². The second-order valence-electron chi connectivity index (χ2n) is 4.39. The molecule has 1 aliphatic heterocycles. The Morgan fingerprint density at radius 2 is 1.94 bits per heavy atom. The maximum Gasteiger partial charge on any atom is 0.233 e. The first-order valence-corrected chi connectivity index (χ1v) is 5.88. The summed E-state index contributed by atoms with van der Waals surface area (Å²) in [5.74, 6) is 0.870. The number of hydrogen-bond donors (Lipinski definition) is 1. The number of carbonyl (C=O) groups excluding carboxylic acids is 1. The number of nitrogens with zero attached hydrogens (tertiary/aromatic N) is 4. The quantitative estimate of drug-likeness (QED) is 0.817. The number of aromatic nitrogens is 4. The summed E-state index contributed by atoms with van der Waals surface area (Å²) in [5.41, 5.74) is 0. The van der Waals surface area contributed by atoms with E-state index >= 15 is 0 Å². The molecule has 6 nitrogen and oxygen atoms in total. The number of likely N-dealkylation sites (tertiary alicyclic amines) is 1. The summed E-state index contributed by atoms with van der Waals surface area (Å²) in [5, 5.41) is 13.8. The largest absolute Gasteiger partial charge is 0.340 e. The zero-order chi connectivity index (χ0) is 12.4. The number of carbonyl (C=O) groups is 1. The Balaban J connectivity index is 1.60. The smallest absolute Gasteiger partial charge is 0.233 e. The van der Waals surface area contributed by atoms with Crippen LogP contribution in [0.1, 0.15) is 11.7 Å². The van der Waals surface area contributed by atoms with Gasteiger partial charge in [-0.15, -0.1) is 10.2 Å². The van der Waals surface area contributed by atoms with Crippen molar-refractivity contribution in [2.45, 2.75) is 5.92 Å². The van der Waals surface area contributed by atoms with Crippen LogP contribution in [0.2, 0.25) is 0 Å². The topological polar surface area (TPSA) is 74.8 Å².